The molecule has 44 heavy (non-hydrogen) atoms. The van der Waals surface area contributed by atoms with Gasteiger partial charge in [-0.15, -0.1) is 6.42 Å². The number of terminal acetylenes is 1. The highest BCUT2D eigenvalue weighted by Crippen LogP contribution is 2.38. The number of phenols is 1. The summed E-state index contributed by atoms with van der Waals surface area (Å²) in [7, 11) is 5.85. The number of fused-ring (bicyclic) bond motifs is 3. The Morgan fingerprint density at radius 1 is 1.07 bits per heavy atom. The van der Waals surface area contributed by atoms with Gasteiger partial charge in [0.2, 0.25) is 5.95 Å². The van der Waals surface area contributed by atoms with Crippen molar-refractivity contribution in [2.45, 2.75) is 25.4 Å². The topological polar surface area (TPSA) is 102 Å². The number of aliphatic hydroxyl groups is 1. The largest absolute Gasteiger partial charge is 0.508 e. The first-order chi connectivity index (χ1) is 21.0. The average Bonchev–Trinajstić information content (AvgIpc) is 2.98. The lowest BCUT2D eigenvalue weighted by atomic mass is 9.95. The Labute approximate surface area is 253 Å². The van der Waals surface area contributed by atoms with Gasteiger partial charge in [-0.3, -0.25) is 4.98 Å². The van der Waals surface area contributed by atoms with E-state index in [1.807, 2.05) is 37.9 Å². The van der Waals surface area contributed by atoms with E-state index in [1.165, 1.54) is 30.5 Å². The molecule has 1 atom stereocenters. The van der Waals surface area contributed by atoms with Crippen LogP contribution in [0.3, 0.4) is 0 Å². The Bertz CT molecular complexity index is 1970. The molecule has 0 spiro atoms. The molecule has 11 heteroatoms. The van der Waals surface area contributed by atoms with Gasteiger partial charge in [0.15, 0.2) is 11.5 Å². The van der Waals surface area contributed by atoms with Gasteiger partial charge in [-0.05, 0) is 63.5 Å². The van der Waals surface area contributed by atoms with E-state index in [9.17, 15) is 14.6 Å². The number of nitrogens with zero attached hydrogens (tertiary/aromatic N) is 7. The van der Waals surface area contributed by atoms with Gasteiger partial charge in [0, 0.05) is 55.8 Å². The van der Waals surface area contributed by atoms with E-state index in [2.05, 4.69) is 20.8 Å². The Morgan fingerprint density at radius 2 is 1.86 bits per heavy atom. The van der Waals surface area contributed by atoms with Gasteiger partial charge >= 0.3 is 0 Å². The number of benzene rings is 2. The summed E-state index contributed by atoms with van der Waals surface area (Å²) >= 11 is 0. The number of likely N-dealkylation sites (N-methyl/N-ethyl adjacent to an activating group) is 2. The third-order valence-corrected chi connectivity index (χ3v) is 8.08. The summed E-state index contributed by atoms with van der Waals surface area (Å²) in [4.78, 5) is 24.7. The molecule has 0 radical (unpaired) electrons. The monoisotopic (exact) mass is 597 g/mol. The summed E-state index contributed by atoms with van der Waals surface area (Å²) < 4.78 is 31.2. The van der Waals surface area contributed by atoms with Crippen LogP contribution in [0.15, 0.2) is 36.5 Å². The molecule has 1 saturated heterocycles. The standard InChI is InChI=1S/C33H33F2N7O2/c1-6-22-25(34)9-8-19-14-21(43)16-23(26(19)22)29-27(35)28-20(17-36-29)15-24-30(37-28)38-32(41(5)13-12-40(3)4)39-31(24)42-11-7-10-33(2,44)18-42/h1,8-9,14-17,43-44H,7,10-13,18H2,2-5H3/t33-/m1/s1. The highest BCUT2D eigenvalue weighted by atomic mass is 19.1. The fourth-order valence-corrected chi connectivity index (χ4v) is 5.82. The van der Waals surface area contributed by atoms with Crippen molar-refractivity contribution in [1.29, 1.82) is 0 Å². The Balaban J connectivity index is 1.58. The average molecular weight is 598 g/mol. The minimum Gasteiger partial charge on any atom is -0.508 e. The summed E-state index contributed by atoms with van der Waals surface area (Å²) in [5, 5.41) is 23.0. The molecule has 0 aliphatic carbocycles. The molecule has 3 aromatic heterocycles. The van der Waals surface area contributed by atoms with Crippen LogP contribution in [0.4, 0.5) is 20.5 Å². The van der Waals surface area contributed by atoms with Crippen molar-refractivity contribution in [3.63, 3.8) is 0 Å². The first-order valence-electron chi connectivity index (χ1n) is 14.4. The van der Waals surface area contributed by atoms with Crippen LogP contribution >= 0.6 is 0 Å². The zero-order chi connectivity index (χ0) is 31.3. The third-order valence-electron chi connectivity index (χ3n) is 8.08. The molecule has 0 saturated carbocycles. The Morgan fingerprint density at radius 3 is 2.59 bits per heavy atom. The SMILES string of the molecule is C#Cc1c(F)ccc2cc(O)cc(-c3ncc4cc5c(N6CCC[C@@](C)(O)C6)nc(N(C)CCN(C)C)nc5nc4c3F)c12. The predicted octanol–water partition coefficient (Wildman–Crippen LogP) is 4.71. The molecule has 2 aromatic carbocycles. The molecule has 9 nitrogen and oxygen atoms in total. The minimum absolute atomic E-state index is 0.00911. The number of hydrogen-bond acceptors (Lipinski definition) is 9. The molecule has 0 bridgehead atoms. The Hall–Kier alpha value is -4.66. The van der Waals surface area contributed by atoms with Crippen LogP contribution < -0.4 is 9.80 Å². The van der Waals surface area contributed by atoms with Crippen molar-refractivity contribution in [3.8, 4) is 29.4 Å². The molecular formula is C33H33F2N7O2. The number of halogens is 2. The number of aromatic nitrogens is 4. The lowest BCUT2D eigenvalue weighted by molar-refractivity contribution is 0.0448. The summed E-state index contributed by atoms with van der Waals surface area (Å²) in [6, 6.07) is 7.21. The van der Waals surface area contributed by atoms with E-state index in [0.717, 1.165) is 13.0 Å². The lowest BCUT2D eigenvalue weighted by Crippen LogP contribution is -2.46. The fourth-order valence-electron chi connectivity index (χ4n) is 5.82. The summed E-state index contributed by atoms with van der Waals surface area (Å²) in [5.74, 6) is 1.85. The van der Waals surface area contributed by atoms with E-state index >= 15 is 4.39 Å². The van der Waals surface area contributed by atoms with Crippen LogP contribution in [0.25, 0.3) is 44.0 Å². The molecule has 1 aliphatic heterocycles. The molecule has 4 heterocycles. The van der Waals surface area contributed by atoms with Crippen molar-refractivity contribution in [2.24, 2.45) is 0 Å². The van der Waals surface area contributed by atoms with Crippen molar-refractivity contribution < 1.29 is 19.0 Å². The van der Waals surface area contributed by atoms with Crippen molar-refractivity contribution in [1.82, 2.24) is 24.8 Å². The van der Waals surface area contributed by atoms with Crippen LogP contribution in [0.2, 0.25) is 0 Å². The predicted molar refractivity (Wildman–Crippen MR) is 169 cm³/mol. The number of hydrogen-bond donors (Lipinski definition) is 2. The van der Waals surface area contributed by atoms with Crippen LogP contribution in [-0.4, -0.2) is 88.0 Å². The number of β-amino-alcohol motifs (C(OH)–C–C–N with tert-alkyl or cyclic N) is 1. The second-order valence-corrected chi connectivity index (χ2v) is 12.0. The van der Waals surface area contributed by atoms with Crippen molar-refractivity contribution in [3.05, 3.63) is 53.7 Å². The summed E-state index contributed by atoms with van der Waals surface area (Å²) in [6.45, 7) is 4.28. The maximum atomic E-state index is 16.4. The maximum absolute atomic E-state index is 16.4. The van der Waals surface area contributed by atoms with Crippen LogP contribution in [0.1, 0.15) is 25.3 Å². The van der Waals surface area contributed by atoms with Crippen LogP contribution in [0.5, 0.6) is 5.75 Å². The smallest absolute Gasteiger partial charge is 0.229 e. The van der Waals surface area contributed by atoms with Gasteiger partial charge in [-0.25, -0.2) is 13.8 Å². The van der Waals surface area contributed by atoms with E-state index in [-0.39, 0.29) is 39.1 Å². The number of phenolic OH excluding ortho intramolecular Hbond substituents is 1. The van der Waals surface area contributed by atoms with Gasteiger partial charge in [0.05, 0.1) is 16.6 Å². The van der Waals surface area contributed by atoms with Crippen LogP contribution in [-0.2, 0) is 0 Å². The number of aromatic hydroxyl groups is 1. The number of anilines is 2. The lowest BCUT2D eigenvalue weighted by Gasteiger charge is -2.38. The fraction of sp³-hybridized carbons (Fsp3) is 0.333. The van der Waals surface area contributed by atoms with Crippen LogP contribution in [0, 0.1) is 24.0 Å². The molecule has 0 amide bonds. The van der Waals surface area contributed by atoms with Crippen molar-refractivity contribution in [2.75, 3.05) is 57.1 Å². The number of piperidine rings is 1. The zero-order valence-electron chi connectivity index (χ0n) is 25.1. The van der Waals surface area contributed by atoms with E-state index < -0.39 is 17.2 Å². The first kappa shape index (κ1) is 29.4. The molecule has 226 valence electrons. The molecule has 2 N–H and O–H groups in total. The van der Waals surface area contributed by atoms with E-state index in [4.69, 9.17) is 16.4 Å². The maximum Gasteiger partial charge on any atom is 0.229 e. The number of rotatable bonds is 6. The molecule has 5 aromatic rings. The summed E-state index contributed by atoms with van der Waals surface area (Å²) in [5.41, 5.74) is -0.624. The number of pyridine rings is 2. The second-order valence-electron chi connectivity index (χ2n) is 12.0. The minimum atomic E-state index is -0.889. The van der Waals surface area contributed by atoms with E-state index in [0.29, 0.717) is 54.0 Å². The highest BCUT2D eigenvalue weighted by Gasteiger charge is 2.31. The summed E-state index contributed by atoms with van der Waals surface area (Å²) in [6.07, 6.45) is 8.58. The first-order valence-corrected chi connectivity index (χ1v) is 14.4. The van der Waals surface area contributed by atoms with Gasteiger partial charge < -0.3 is 24.9 Å². The second kappa shape index (κ2) is 11.1. The van der Waals surface area contributed by atoms with Gasteiger partial charge in [0.25, 0.3) is 0 Å². The normalized spacial score (nSPS) is 17.1. The Kier molecular flexibility index (Phi) is 7.43. The molecule has 1 aliphatic rings. The molecular weight excluding hydrogens is 564 g/mol. The highest BCUT2D eigenvalue weighted by molar-refractivity contribution is 6.03. The van der Waals surface area contributed by atoms with Gasteiger partial charge in [0.1, 0.15) is 28.6 Å². The van der Waals surface area contributed by atoms with Gasteiger partial charge in [-0.1, -0.05) is 12.0 Å². The zero-order valence-corrected chi connectivity index (χ0v) is 25.1. The molecule has 1 fully saturated rings. The molecule has 6 rings (SSSR count). The van der Waals surface area contributed by atoms with Crippen molar-refractivity contribution >= 4 is 44.5 Å². The quantitative estimate of drug-likeness (QED) is 0.213. The van der Waals surface area contributed by atoms with Gasteiger partial charge in [-0.2, -0.15) is 9.97 Å². The molecule has 0 unspecified atom stereocenters. The van der Waals surface area contributed by atoms with E-state index in [1.54, 1.807) is 6.07 Å². The third kappa shape index (κ3) is 5.31.